The summed E-state index contributed by atoms with van der Waals surface area (Å²) in [7, 11) is 1.36. The number of nitrogens with zero attached hydrogens (tertiary/aromatic N) is 1. The third-order valence-corrected chi connectivity index (χ3v) is 3.84. The molecule has 2 rings (SSSR count). The van der Waals surface area contributed by atoms with Gasteiger partial charge in [-0.05, 0) is 18.1 Å². The van der Waals surface area contributed by atoms with Crippen LogP contribution in [-0.4, -0.2) is 29.6 Å². The number of ether oxygens (including phenoxy) is 2. The van der Waals surface area contributed by atoms with Gasteiger partial charge >= 0.3 is 5.97 Å². The Kier molecular flexibility index (Phi) is 5.55. The van der Waals surface area contributed by atoms with E-state index in [1.807, 2.05) is 18.7 Å². The zero-order chi connectivity index (χ0) is 17.0. The SMILES string of the molecule is COC(=O)CCN1C=COC(c2c(Cl)ccc(O)c2C(C)C)=C1. The van der Waals surface area contributed by atoms with E-state index in [2.05, 4.69) is 4.74 Å². The first kappa shape index (κ1) is 17.2. The molecule has 0 spiro atoms. The topological polar surface area (TPSA) is 59.0 Å². The molecule has 0 aliphatic carbocycles. The molecule has 6 heteroatoms. The van der Waals surface area contributed by atoms with Crippen LogP contribution in [0.3, 0.4) is 0 Å². The first-order valence-corrected chi connectivity index (χ1v) is 7.71. The zero-order valence-corrected chi connectivity index (χ0v) is 14.1. The minimum Gasteiger partial charge on any atom is -0.508 e. The van der Waals surface area contributed by atoms with Crippen molar-refractivity contribution in [2.75, 3.05) is 13.7 Å². The fraction of sp³-hybridized carbons (Fsp3) is 0.353. The summed E-state index contributed by atoms with van der Waals surface area (Å²) in [6.45, 7) is 4.41. The van der Waals surface area contributed by atoms with Crippen LogP contribution in [0.25, 0.3) is 5.76 Å². The van der Waals surface area contributed by atoms with E-state index >= 15 is 0 Å². The summed E-state index contributed by atoms with van der Waals surface area (Å²) >= 11 is 6.33. The molecular weight excluding hydrogens is 318 g/mol. The molecule has 0 radical (unpaired) electrons. The van der Waals surface area contributed by atoms with Crippen molar-refractivity contribution in [3.8, 4) is 5.75 Å². The van der Waals surface area contributed by atoms with Crippen molar-refractivity contribution in [2.24, 2.45) is 0 Å². The molecule has 0 amide bonds. The second-order valence-electron chi connectivity index (χ2n) is 5.47. The molecule has 0 saturated heterocycles. The normalized spacial score (nSPS) is 13.8. The average molecular weight is 338 g/mol. The van der Waals surface area contributed by atoms with Gasteiger partial charge in [0.25, 0.3) is 0 Å². The van der Waals surface area contributed by atoms with Gasteiger partial charge in [-0.3, -0.25) is 4.79 Å². The van der Waals surface area contributed by atoms with Crippen LogP contribution in [0.4, 0.5) is 0 Å². The number of benzene rings is 1. The van der Waals surface area contributed by atoms with Crippen LogP contribution in [0.1, 0.15) is 37.3 Å². The van der Waals surface area contributed by atoms with Crippen molar-refractivity contribution >= 4 is 23.3 Å². The van der Waals surface area contributed by atoms with Crippen LogP contribution in [0.2, 0.25) is 5.02 Å². The Morgan fingerprint density at radius 3 is 2.83 bits per heavy atom. The van der Waals surface area contributed by atoms with E-state index in [4.69, 9.17) is 16.3 Å². The molecule has 1 heterocycles. The monoisotopic (exact) mass is 337 g/mol. The van der Waals surface area contributed by atoms with Gasteiger partial charge in [-0.2, -0.15) is 0 Å². The molecule has 124 valence electrons. The summed E-state index contributed by atoms with van der Waals surface area (Å²) in [5, 5.41) is 10.7. The fourth-order valence-electron chi connectivity index (χ4n) is 2.41. The van der Waals surface area contributed by atoms with Gasteiger partial charge in [-0.25, -0.2) is 0 Å². The molecule has 1 N–H and O–H groups in total. The van der Waals surface area contributed by atoms with Gasteiger partial charge in [0.15, 0.2) is 5.76 Å². The highest BCUT2D eigenvalue weighted by Gasteiger charge is 2.21. The van der Waals surface area contributed by atoms with Gasteiger partial charge < -0.3 is 19.5 Å². The van der Waals surface area contributed by atoms with Crippen molar-refractivity contribution in [3.05, 3.63) is 46.9 Å². The van der Waals surface area contributed by atoms with E-state index in [9.17, 15) is 9.90 Å². The second kappa shape index (κ2) is 7.42. The third-order valence-electron chi connectivity index (χ3n) is 3.53. The number of halogens is 1. The zero-order valence-electron chi connectivity index (χ0n) is 13.4. The van der Waals surface area contributed by atoms with Crippen LogP contribution in [0, 0.1) is 0 Å². The van der Waals surface area contributed by atoms with Gasteiger partial charge in [0.05, 0.1) is 18.6 Å². The molecule has 1 aliphatic heterocycles. The van der Waals surface area contributed by atoms with Crippen molar-refractivity contribution in [1.29, 1.82) is 0 Å². The minimum absolute atomic E-state index is 0.0719. The van der Waals surface area contributed by atoms with Crippen molar-refractivity contribution in [3.63, 3.8) is 0 Å². The molecule has 5 nitrogen and oxygen atoms in total. The molecule has 1 aromatic rings. The molecule has 1 aromatic carbocycles. The molecular formula is C17H20ClNO4. The highest BCUT2D eigenvalue weighted by molar-refractivity contribution is 6.32. The number of hydrogen-bond donors (Lipinski definition) is 1. The Bertz CT molecular complexity index is 652. The second-order valence-corrected chi connectivity index (χ2v) is 5.88. The van der Waals surface area contributed by atoms with E-state index < -0.39 is 0 Å². The standard InChI is InChI=1S/C17H20ClNO4/c1-11(2)16-13(20)5-4-12(18)17(16)14-10-19(8-9-23-14)7-6-15(21)22-3/h4-5,8-11,20H,6-7H2,1-3H3. The highest BCUT2D eigenvalue weighted by atomic mass is 35.5. The average Bonchev–Trinajstić information content (AvgIpc) is 2.54. The minimum atomic E-state index is -0.280. The van der Waals surface area contributed by atoms with Gasteiger partial charge in [0.2, 0.25) is 0 Å². The lowest BCUT2D eigenvalue weighted by molar-refractivity contribution is -0.140. The van der Waals surface area contributed by atoms with Gasteiger partial charge in [-0.1, -0.05) is 25.4 Å². The third kappa shape index (κ3) is 3.99. The number of rotatable bonds is 5. The first-order chi connectivity index (χ1) is 10.9. The Morgan fingerprint density at radius 2 is 2.17 bits per heavy atom. The molecule has 0 aromatic heterocycles. The fourth-order valence-corrected chi connectivity index (χ4v) is 2.67. The molecule has 0 unspecified atom stereocenters. The van der Waals surface area contributed by atoms with Gasteiger partial charge in [-0.15, -0.1) is 0 Å². The van der Waals surface area contributed by atoms with Crippen LogP contribution in [0.15, 0.2) is 30.8 Å². The molecule has 0 atom stereocenters. The van der Waals surface area contributed by atoms with Crippen molar-refractivity contribution < 1.29 is 19.4 Å². The lowest BCUT2D eigenvalue weighted by Crippen LogP contribution is -2.19. The van der Waals surface area contributed by atoms with Crippen LogP contribution in [0.5, 0.6) is 5.75 Å². The molecule has 0 fully saturated rings. The van der Waals surface area contributed by atoms with E-state index in [1.54, 1.807) is 24.5 Å². The molecule has 1 aliphatic rings. The number of methoxy groups -OCH3 is 1. The Morgan fingerprint density at radius 1 is 1.43 bits per heavy atom. The number of hydrogen-bond acceptors (Lipinski definition) is 5. The summed E-state index contributed by atoms with van der Waals surface area (Å²) in [5.74, 6) is 0.502. The highest BCUT2D eigenvalue weighted by Crippen LogP contribution is 2.39. The van der Waals surface area contributed by atoms with E-state index in [0.717, 1.165) is 5.56 Å². The maximum absolute atomic E-state index is 11.3. The number of phenols is 1. The maximum Gasteiger partial charge on any atom is 0.307 e. The lowest BCUT2D eigenvalue weighted by atomic mass is 9.95. The van der Waals surface area contributed by atoms with E-state index in [-0.39, 0.29) is 24.1 Å². The predicted molar refractivity (Wildman–Crippen MR) is 88.7 cm³/mol. The summed E-state index contributed by atoms with van der Waals surface area (Å²) < 4.78 is 10.2. The Labute approximate surface area is 140 Å². The quantitative estimate of drug-likeness (QED) is 0.827. The lowest BCUT2D eigenvalue weighted by Gasteiger charge is -2.24. The van der Waals surface area contributed by atoms with E-state index in [0.29, 0.717) is 22.9 Å². The van der Waals surface area contributed by atoms with Gasteiger partial charge in [0.1, 0.15) is 12.0 Å². The Hall–Kier alpha value is -2.14. The summed E-state index contributed by atoms with van der Waals surface area (Å²) in [4.78, 5) is 13.1. The summed E-state index contributed by atoms with van der Waals surface area (Å²) in [6, 6.07) is 3.22. The number of aromatic hydroxyl groups is 1. The molecule has 0 saturated carbocycles. The predicted octanol–water partition coefficient (Wildman–Crippen LogP) is 3.83. The summed E-state index contributed by atoms with van der Waals surface area (Å²) in [5.41, 5.74) is 1.39. The van der Waals surface area contributed by atoms with Crippen molar-refractivity contribution in [2.45, 2.75) is 26.2 Å². The number of carbonyl (C=O) groups is 1. The largest absolute Gasteiger partial charge is 0.508 e. The van der Waals surface area contributed by atoms with Crippen LogP contribution >= 0.6 is 11.6 Å². The van der Waals surface area contributed by atoms with Crippen molar-refractivity contribution in [1.82, 2.24) is 4.90 Å². The van der Waals surface area contributed by atoms with Gasteiger partial charge in [0, 0.05) is 30.1 Å². The molecule has 23 heavy (non-hydrogen) atoms. The van der Waals surface area contributed by atoms with Crippen LogP contribution in [-0.2, 0) is 14.3 Å². The smallest absolute Gasteiger partial charge is 0.307 e. The number of esters is 1. The molecule has 0 bridgehead atoms. The Balaban J connectivity index is 2.33. The first-order valence-electron chi connectivity index (χ1n) is 7.33. The van der Waals surface area contributed by atoms with E-state index in [1.165, 1.54) is 13.4 Å². The van der Waals surface area contributed by atoms with Crippen LogP contribution < -0.4 is 0 Å². The maximum atomic E-state index is 11.3. The number of carbonyl (C=O) groups excluding carboxylic acids is 1. The number of phenolic OH excluding ortho intramolecular Hbond substituents is 1. The summed E-state index contributed by atoms with van der Waals surface area (Å²) in [6.07, 6.45) is 5.26.